The summed E-state index contributed by atoms with van der Waals surface area (Å²) in [5, 5.41) is 4.70. The van der Waals surface area contributed by atoms with Crippen molar-refractivity contribution in [2.75, 3.05) is 28.2 Å². The maximum atomic E-state index is 14.1. The van der Waals surface area contributed by atoms with Crippen LogP contribution in [-0.4, -0.2) is 40.6 Å². The van der Waals surface area contributed by atoms with Crippen LogP contribution in [0, 0.1) is 5.92 Å². The topological polar surface area (TPSA) is 91.7 Å². The van der Waals surface area contributed by atoms with Crippen molar-refractivity contribution in [1.82, 2.24) is 4.57 Å². The first-order valence-electron chi connectivity index (χ1n) is 15.3. The molecule has 7 rings (SSSR count). The minimum atomic E-state index is -0.742. The molecule has 0 bridgehead atoms. The van der Waals surface area contributed by atoms with Crippen LogP contribution in [0.3, 0.4) is 0 Å². The molecule has 232 valence electrons. The van der Waals surface area contributed by atoms with Gasteiger partial charge in [-0.05, 0) is 55.1 Å². The first-order valence-corrected chi connectivity index (χ1v) is 17.0. The third kappa shape index (κ3) is 5.11. The zero-order valence-electron chi connectivity index (χ0n) is 25.4. The van der Waals surface area contributed by atoms with Gasteiger partial charge in [0.25, 0.3) is 0 Å². The lowest BCUT2D eigenvalue weighted by Crippen LogP contribution is -2.33. The van der Waals surface area contributed by atoms with Crippen molar-refractivity contribution in [3.8, 4) is 0 Å². The summed E-state index contributed by atoms with van der Waals surface area (Å²) in [6, 6.07) is 30.5. The lowest BCUT2D eigenvalue weighted by atomic mass is 9.83. The number of rotatable bonds is 8. The van der Waals surface area contributed by atoms with Crippen LogP contribution >= 0.6 is 23.1 Å². The van der Waals surface area contributed by atoms with Gasteiger partial charge in [-0.1, -0.05) is 89.8 Å². The lowest BCUT2D eigenvalue weighted by Gasteiger charge is -2.31. The Hall–Kier alpha value is -4.67. The SMILES string of the molecule is CCN(CC)c1ccc([C@H]2c3sc(=O)n(CC(=O)Nc4cccc5ccccc45)c3SC3C(=O)N(c4ccccc4)C(=O)C32)cc1. The van der Waals surface area contributed by atoms with E-state index in [2.05, 4.69) is 24.1 Å². The molecule has 3 atom stereocenters. The summed E-state index contributed by atoms with van der Waals surface area (Å²) in [5.41, 5.74) is 3.11. The minimum absolute atomic E-state index is 0.212. The highest BCUT2D eigenvalue weighted by atomic mass is 32.2. The van der Waals surface area contributed by atoms with E-state index in [-0.39, 0.29) is 29.1 Å². The van der Waals surface area contributed by atoms with E-state index >= 15 is 0 Å². The second kappa shape index (κ2) is 12.3. The number of nitrogens with zero attached hydrogens (tertiary/aromatic N) is 3. The summed E-state index contributed by atoms with van der Waals surface area (Å²) >= 11 is 2.28. The Balaban J connectivity index is 1.28. The van der Waals surface area contributed by atoms with Crippen LogP contribution in [0.2, 0.25) is 0 Å². The summed E-state index contributed by atoms with van der Waals surface area (Å²) in [6.07, 6.45) is 0. The maximum Gasteiger partial charge on any atom is 0.308 e. The number of fused-ring (bicyclic) bond motifs is 3. The third-order valence-corrected chi connectivity index (χ3v) is 11.4. The molecule has 0 saturated carbocycles. The fourth-order valence-electron chi connectivity index (χ4n) is 6.59. The average Bonchev–Trinajstić information content (AvgIpc) is 3.52. The number of carbonyl (C=O) groups excluding carboxylic acids is 3. The maximum absolute atomic E-state index is 14.1. The molecule has 0 radical (unpaired) electrons. The van der Waals surface area contributed by atoms with Crippen molar-refractivity contribution in [3.05, 3.63) is 117 Å². The lowest BCUT2D eigenvalue weighted by molar-refractivity contribution is -0.122. The Bertz CT molecular complexity index is 2010. The molecule has 5 aromatic rings. The zero-order chi connectivity index (χ0) is 31.9. The molecule has 1 aromatic heterocycles. The highest BCUT2D eigenvalue weighted by Gasteiger charge is 2.56. The number of thioether (sulfide) groups is 1. The molecule has 1 saturated heterocycles. The predicted octanol–water partition coefficient (Wildman–Crippen LogP) is 6.34. The van der Waals surface area contributed by atoms with E-state index in [1.165, 1.54) is 21.2 Å². The van der Waals surface area contributed by atoms with E-state index in [4.69, 9.17) is 0 Å². The van der Waals surface area contributed by atoms with E-state index in [0.29, 0.717) is 21.3 Å². The molecule has 10 heteroatoms. The van der Waals surface area contributed by atoms with Gasteiger partial charge in [0.15, 0.2) is 0 Å². The number of aromatic nitrogens is 1. The predicted molar refractivity (Wildman–Crippen MR) is 185 cm³/mol. The summed E-state index contributed by atoms with van der Waals surface area (Å²) in [4.78, 5) is 59.1. The van der Waals surface area contributed by atoms with Gasteiger partial charge in [0.05, 0.1) is 16.6 Å². The third-order valence-electron chi connectivity index (χ3n) is 8.81. The van der Waals surface area contributed by atoms with Crippen molar-refractivity contribution >= 4 is 68.7 Å². The van der Waals surface area contributed by atoms with E-state index in [1.807, 2.05) is 72.8 Å². The van der Waals surface area contributed by atoms with Crippen LogP contribution in [0.4, 0.5) is 17.1 Å². The van der Waals surface area contributed by atoms with E-state index in [1.54, 1.807) is 24.3 Å². The number of amides is 3. The molecule has 0 aliphatic carbocycles. The van der Waals surface area contributed by atoms with Gasteiger partial charge in [0.2, 0.25) is 17.7 Å². The van der Waals surface area contributed by atoms with Crippen molar-refractivity contribution < 1.29 is 14.4 Å². The van der Waals surface area contributed by atoms with E-state index in [0.717, 1.165) is 46.4 Å². The highest BCUT2D eigenvalue weighted by molar-refractivity contribution is 8.00. The van der Waals surface area contributed by atoms with Crippen molar-refractivity contribution in [2.45, 2.75) is 36.6 Å². The van der Waals surface area contributed by atoms with Crippen LogP contribution in [-0.2, 0) is 20.9 Å². The Morgan fingerprint density at radius 1 is 0.826 bits per heavy atom. The number of imide groups is 1. The minimum Gasteiger partial charge on any atom is -0.372 e. The van der Waals surface area contributed by atoms with Crippen LogP contribution in [0.5, 0.6) is 0 Å². The zero-order valence-corrected chi connectivity index (χ0v) is 27.0. The van der Waals surface area contributed by atoms with Crippen molar-refractivity contribution in [1.29, 1.82) is 0 Å². The number of thiazole rings is 1. The number of nitrogens with one attached hydrogen (secondary N) is 1. The van der Waals surface area contributed by atoms with Gasteiger partial charge in [-0.3, -0.25) is 23.7 Å². The van der Waals surface area contributed by atoms with Crippen LogP contribution in [0.25, 0.3) is 10.8 Å². The first-order chi connectivity index (χ1) is 22.4. The molecule has 46 heavy (non-hydrogen) atoms. The molecule has 0 spiro atoms. The second-order valence-corrected chi connectivity index (χ2v) is 13.5. The Labute approximate surface area is 274 Å². The monoisotopic (exact) mass is 648 g/mol. The number of benzene rings is 4. The molecule has 2 unspecified atom stereocenters. The molecule has 3 heterocycles. The van der Waals surface area contributed by atoms with Crippen LogP contribution in [0.15, 0.2) is 107 Å². The van der Waals surface area contributed by atoms with Gasteiger partial charge >= 0.3 is 4.87 Å². The molecule has 8 nitrogen and oxygen atoms in total. The molecule has 4 aromatic carbocycles. The van der Waals surface area contributed by atoms with Crippen molar-refractivity contribution in [2.24, 2.45) is 5.92 Å². The quantitative estimate of drug-likeness (QED) is 0.198. The number of para-hydroxylation sites is 1. The summed E-state index contributed by atoms with van der Waals surface area (Å²) in [7, 11) is 0. The molecular weight excluding hydrogens is 617 g/mol. The van der Waals surface area contributed by atoms with Crippen molar-refractivity contribution in [3.63, 3.8) is 0 Å². The van der Waals surface area contributed by atoms with Crippen LogP contribution < -0.4 is 20.0 Å². The van der Waals surface area contributed by atoms with E-state index in [9.17, 15) is 19.2 Å². The fourth-order valence-corrected chi connectivity index (χ4v) is 9.37. The normalized spacial score (nSPS) is 18.8. The van der Waals surface area contributed by atoms with Crippen LogP contribution in [0.1, 0.15) is 30.2 Å². The Morgan fingerprint density at radius 2 is 1.52 bits per heavy atom. The van der Waals surface area contributed by atoms with E-state index < -0.39 is 17.1 Å². The molecule has 2 aliphatic rings. The summed E-state index contributed by atoms with van der Waals surface area (Å²) < 4.78 is 1.46. The van der Waals surface area contributed by atoms with Gasteiger partial charge < -0.3 is 10.2 Å². The fraction of sp³-hybridized carbons (Fsp3) is 0.222. The molecule has 3 amide bonds. The standard InChI is InChI=1S/C36H32N4O4S2/c1-3-38(4-2)24-19-17-23(18-20-24)29-30-31(34(43)40(33(30)42)25-13-6-5-7-14-25)45-35-32(29)46-36(44)39(35)21-28(41)37-27-16-10-12-22-11-8-9-15-26(22)27/h5-20,29-31H,3-4,21H2,1-2H3,(H,37,41)/t29-,30?,31?/m1/s1. The smallest absolute Gasteiger partial charge is 0.308 e. The molecule has 1 N–H and O–H groups in total. The molecule has 1 fully saturated rings. The number of hydrogen-bond acceptors (Lipinski definition) is 7. The average molecular weight is 649 g/mol. The van der Waals surface area contributed by atoms with Gasteiger partial charge in [0, 0.05) is 40.6 Å². The number of hydrogen-bond donors (Lipinski definition) is 1. The summed E-state index contributed by atoms with van der Waals surface area (Å²) in [5.74, 6) is -2.15. The molecular formula is C36H32N4O4S2. The number of anilines is 3. The largest absolute Gasteiger partial charge is 0.372 e. The second-order valence-electron chi connectivity index (χ2n) is 11.4. The first kappa shape index (κ1) is 30.0. The highest BCUT2D eigenvalue weighted by Crippen LogP contribution is 2.54. The number of carbonyl (C=O) groups is 3. The Morgan fingerprint density at radius 3 is 2.26 bits per heavy atom. The Kier molecular flexibility index (Phi) is 8.00. The molecule has 2 aliphatic heterocycles. The van der Waals surface area contributed by atoms with Gasteiger partial charge in [-0.15, -0.1) is 0 Å². The van der Waals surface area contributed by atoms with Gasteiger partial charge in [-0.25, -0.2) is 4.90 Å². The van der Waals surface area contributed by atoms with Gasteiger partial charge in [-0.2, -0.15) is 0 Å². The van der Waals surface area contributed by atoms with Gasteiger partial charge in [0.1, 0.15) is 11.8 Å². The summed E-state index contributed by atoms with van der Waals surface area (Å²) in [6.45, 7) is 5.70.